The lowest BCUT2D eigenvalue weighted by Gasteiger charge is -2.37. The van der Waals surface area contributed by atoms with Crippen LogP contribution in [-0.4, -0.2) is 64.9 Å². The minimum absolute atomic E-state index is 0.0924. The van der Waals surface area contributed by atoms with E-state index in [1.807, 2.05) is 19.9 Å². The zero-order chi connectivity index (χ0) is 15.3. The molecule has 116 valence electrons. The third-order valence-corrected chi connectivity index (χ3v) is 4.40. The summed E-state index contributed by atoms with van der Waals surface area (Å²) in [5.41, 5.74) is 0.413. The van der Waals surface area contributed by atoms with Crippen LogP contribution in [0, 0.1) is 11.8 Å². The van der Waals surface area contributed by atoms with Gasteiger partial charge in [0, 0.05) is 49.7 Å². The Balaban J connectivity index is 1.85. The highest BCUT2D eigenvalue weighted by molar-refractivity contribution is 7.10. The second-order valence-electron chi connectivity index (χ2n) is 6.08. The number of piperazine rings is 1. The van der Waals surface area contributed by atoms with Crippen LogP contribution in [-0.2, 0) is 6.54 Å². The largest absolute Gasteiger partial charge is 0.389 e. The Labute approximate surface area is 131 Å². The maximum atomic E-state index is 9.87. The summed E-state index contributed by atoms with van der Waals surface area (Å²) in [6.07, 6.45) is 0. The summed E-state index contributed by atoms with van der Waals surface area (Å²) >= 11 is 1.73. The molecule has 0 aliphatic carbocycles. The fourth-order valence-corrected chi connectivity index (χ4v) is 3.44. The van der Waals surface area contributed by atoms with Crippen molar-refractivity contribution >= 4 is 11.3 Å². The van der Waals surface area contributed by atoms with Crippen molar-refractivity contribution < 1.29 is 10.2 Å². The average Bonchev–Trinajstić information content (AvgIpc) is 2.84. The van der Waals surface area contributed by atoms with E-state index in [0.717, 1.165) is 44.8 Å². The van der Waals surface area contributed by atoms with Crippen LogP contribution >= 0.6 is 11.3 Å². The van der Waals surface area contributed by atoms with E-state index in [1.165, 1.54) is 4.88 Å². The molecule has 0 saturated carbocycles. The molecule has 2 N–H and O–H groups in total. The van der Waals surface area contributed by atoms with Gasteiger partial charge in [-0.1, -0.05) is 11.8 Å². The first-order valence-corrected chi connectivity index (χ1v) is 8.19. The molecule has 0 amide bonds. The van der Waals surface area contributed by atoms with E-state index in [-0.39, 0.29) is 6.61 Å². The predicted molar refractivity (Wildman–Crippen MR) is 86.3 cm³/mol. The van der Waals surface area contributed by atoms with Gasteiger partial charge in [-0.25, -0.2) is 0 Å². The maximum absolute atomic E-state index is 9.87. The Bertz CT molecular complexity index is 502. The fraction of sp³-hybridized carbons (Fsp3) is 0.625. The van der Waals surface area contributed by atoms with Crippen molar-refractivity contribution in [2.24, 2.45) is 0 Å². The second kappa shape index (κ2) is 7.39. The maximum Gasteiger partial charge on any atom is 0.104 e. The zero-order valence-corrected chi connectivity index (χ0v) is 13.6. The average molecular weight is 308 g/mol. The zero-order valence-electron chi connectivity index (χ0n) is 12.8. The number of nitrogens with zero attached hydrogens (tertiary/aromatic N) is 2. The molecule has 0 aromatic carbocycles. The van der Waals surface area contributed by atoms with Crippen LogP contribution in [0.5, 0.6) is 0 Å². The highest BCUT2D eigenvalue weighted by atomic mass is 32.1. The first-order valence-electron chi connectivity index (χ1n) is 7.31. The van der Waals surface area contributed by atoms with Crippen LogP contribution < -0.4 is 0 Å². The fourth-order valence-electron chi connectivity index (χ4n) is 2.57. The normalized spacial score (nSPS) is 17.5. The molecule has 2 rings (SSSR count). The molecule has 1 saturated heterocycles. The van der Waals surface area contributed by atoms with Gasteiger partial charge in [-0.3, -0.25) is 9.80 Å². The second-order valence-corrected chi connectivity index (χ2v) is 7.08. The van der Waals surface area contributed by atoms with Crippen LogP contribution in [0.2, 0.25) is 0 Å². The van der Waals surface area contributed by atoms with Crippen molar-refractivity contribution in [1.29, 1.82) is 0 Å². The molecule has 0 spiro atoms. The van der Waals surface area contributed by atoms with Crippen molar-refractivity contribution in [2.75, 3.05) is 39.3 Å². The van der Waals surface area contributed by atoms with Gasteiger partial charge in [-0.15, -0.1) is 11.3 Å². The molecular formula is C16H24N2O2S. The number of rotatable bonds is 4. The highest BCUT2D eigenvalue weighted by Crippen LogP contribution is 2.19. The SMILES string of the molecule is CC(C)(O)CN1CCN(Cc2sccc2C#CCO)CC1. The summed E-state index contributed by atoms with van der Waals surface area (Å²) in [4.78, 5) is 6.01. The third-order valence-electron chi connectivity index (χ3n) is 3.49. The van der Waals surface area contributed by atoms with Gasteiger partial charge in [0.2, 0.25) is 0 Å². The van der Waals surface area contributed by atoms with E-state index >= 15 is 0 Å². The summed E-state index contributed by atoms with van der Waals surface area (Å²) in [6, 6.07) is 2.02. The molecule has 1 fully saturated rings. The quantitative estimate of drug-likeness (QED) is 0.814. The molecular weight excluding hydrogens is 284 g/mol. The molecule has 0 unspecified atom stereocenters. The van der Waals surface area contributed by atoms with Gasteiger partial charge >= 0.3 is 0 Å². The van der Waals surface area contributed by atoms with Crippen LogP contribution in [0.15, 0.2) is 11.4 Å². The van der Waals surface area contributed by atoms with Crippen molar-refractivity contribution in [3.63, 3.8) is 0 Å². The van der Waals surface area contributed by atoms with Crippen molar-refractivity contribution in [2.45, 2.75) is 26.0 Å². The number of hydrogen-bond acceptors (Lipinski definition) is 5. The third kappa shape index (κ3) is 5.42. The van der Waals surface area contributed by atoms with Gasteiger partial charge in [-0.2, -0.15) is 0 Å². The van der Waals surface area contributed by atoms with E-state index in [1.54, 1.807) is 11.3 Å². The standard InChI is InChI=1S/C16H24N2O2S/c1-16(2,20)13-18-8-6-17(7-9-18)12-15-14(4-3-10-19)5-11-21-15/h5,11,19-20H,6-10,12-13H2,1-2H3. The van der Waals surface area contributed by atoms with Gasteiger partial charge in [0.15, 0.2) is 0 Å². The Morgan fingerprint density at radius 1 is 1.24 bits per heavy atom. The molecule has 1 aliphatic heterocycles. The molecule has 0 atom stereocenters. The van der Waals surface area contributed by atoms with E-state index in [2.05, 4.69) is 27.0 Å². The smallest absolute Gasteiger partial charge is 0.104 e. The van der Waals surface area contributed by atoms with E-state index in [0.29, 0.717) is 0 Å². The summed E-state index contributed by atoms with van der Waals surface area (Å²) in [5.74, 6) is 5.73. The first kappa shape index (κ1) is 16.5. The molecule has 1 aromatic heterocycles. The molecule has 1 aromatic rings. The summed E-state index contributed by atoms with van der Waals surface area (Å²) < 4.78 is 0. The Morgan fingerprint density at radius 3 is 2.52 bits per heavy atom. The summed E-state index contributed by atoms with van der Waals surface area (Å²) in [7, 11) is 0. The van der Waals surface area contributed by atoms with Gasteiger partial charge in [0.05, 0.1) is 5.60 Å². The van der Waals surface area contributed by atoms with Crippen molar-refractivity contribution in [1.82, 2.24) is 9.80 Å². The van der Waals surface area contributed by atoms with Crippen LogP contribution in [0.1, 0.15) is 24.3 Å². The monoisotopic (exact) mass is 308 g/mol. The minimum atomic E-state index is -0.622. The van der Waals surface area contributed by atoms with Gasteiger partial charge < -0.3 is 10.2 Å². The number of aliphatic hydroxyl groups is 2. The van der Waals surface area contributed by atoms with Gasteiger partial charge in [0.1, 0.15) is 6.61 Å². The summed E-state index contributed by atoms with van der Waals surface area (Å²) in [6.45, 7) is 9.29. The first-order chi connectivity index (χ1) is 9.98. The Kier molecular flexibility index (Phi) is 5.80. The molecule has 1 aliphatic rings. The molecule has 21 heavy (non-hydrogen) atoms. The van der Waals surface area contributed by atoms with Crippen LogP contribution in [0.4, 0.5) is 0 Å². The molecule has 5 heteroatoms. The van der Waals surface area contributed by atoms with E-state index < -0.39 is 5.60 Å². The molecule has 4 nitrogen and oxygen atoms in total. The molecule has 0 bridgehead atoms. The minimum Gasteiger partial charge on any atom is -0.389 e. The summed E-state index contributed by atoms with van der Waals surface area (Å²) in [5, 5.41) is 20.7. The van der Waals surface area contributed by atoms with Crippen molar-refractivity contribution in [3.05, 3.63) is 21.9 Å². The Morgan fingerprint density at radius 2 is 1.90 bits per heavy atom. The van der Waals surface area contributed by atoms with Crippen LogP contribution in [0.3, 0.4) is 0 Å². The number of thiophene rings is 1. The predicted octanol–water partition coefficient (Wildman–Crippen LogP) is 0.980. The van der Waals surface area contributed by atoms with Gasteiger partial charge in [-0.05, 0) is 25.3 Å². The molecule has 2 heterocycles. The highest BCUT2D eigenvalue weighted by Gasteiger charge is 2.23. The Hall–Kier alpha value is -0.900. The van der Waals surface area contributed by atoms with Crippen molar-refractivity contribution in [3.8, 4) is 11.8 Å². The van der Waals surface area contributed by atoms with Gasteiger partial charge in [0.25, 0.3) is 0 Å². The van der Waals surface area contributed by atoms with E-state index in [4.69, 9.17) is 5.11 Å². The lowest BCUT2D eigenvalue weighted by Crippen LogP contribution is -2.50. The van der Waals surface area contributed by atoms with E-state index in [9.17, 15) is 5.11 Å². The number of aliphatic hydroxyl groups excluding tert-OH is 1. The lowest BCUT2D eigenvalue weighted by molar-refractivity contribution is 0.0168. The van der Waals surface area contributed by atoms with Crippen LogP contribution in [0.25, 0.3) is 0 Å². The number of hydrogen-bond donors (Lipinski definition) is 2. The topological polar surface area (TPSA) is 46.9 Å². The molecule has 0 radical (unpaired) electrons. The number of β-amino-alcohol motifs (C(OH)–C–C–N with tert-alkyl or cyclic N) is 1. The lowest BCUT2D eigenvalue weighted by atomic mass is 10.1.